The van der Waals surface area contributed by atoms with Crippen LogP contribution in [0.4, 0.5) is 0 Å². The monoisotopic (exact) mass is 279 g/mol. The standard InChI is InChI=1S/C15H21NO4/c1-16(2,10-8-15(18)19)9-3-11-20-14-6-4-13(12-17)5-7-14/h4-7,12H,3,8-11H2,1-2H3. The summed E-state index contributed by atoms with van der Waals surface area (Å²) in [4.78, 5) is 21.0. The molecule has 20 heavy (non-hydrogen) atoms. The Morgan fingerprint density at radius 2 is 1.90 bits per heavy atom. The maximum atomic E-state index is 10.5. The number of rotatable bonds is 9. The quantitative estimate of drug-likeness (QED) is 0.375. The molecule has 0 aliphatic rings. The third-order valence-corrected chi connectivity index (χ3v) is 3.11. The summed E-state index contributed by atoms with van der Waals surface area (Å²) in [7, 11) is 3.98. The maximum absolute atomic E-state index is 10.5. The van der Waals surface area contributed by atoms with Crippen molar-refractivity contribution in [1.29, 1.82) is 0 Å². The average Bonchev–Trinajstić information content (AvgIpc) is 2.42. The lowest BCUT2D eigenvalue weighted by Gasteiger charge is -2.30. The van der Waals surface area contributed by atoms with Crippen LogP contribution in [0, 0.1) is 0 Å². The Bertz CT molecular complexity index is 440. The Labute approximate surface area is 119 Å². The summed E-state index contributed by atoms with van der Waals surface area (Å²) in [5.74, 6) is -0.279. The first-order valence-electron chi connectivity index (χ1n) is 6.63. The van der Waals surface area contributed by atoms with Crippen LogP contribution < -0.4 is 9.84 Å². The van der Waals surface area contributed by atoms with Crippen molar-refractivity contribution in [3.8, 4) is 5.75 Å². The van der Waals surface area contributed by atoms with E-state index >= 15 is 0 Å². The molecule has 1 aromatic rings. The molecule has 0 N–H and O–H groups in total. The lowest BCUT2D eigenvalue weighted by molar-refractivity contribution is -0.890. The van der Waals surface area contributed by atoms with Crippen LogP contribution >= 0.6 is 0 Å². The molecule has 110 valence electrons. The molecule has 0 aliphatic carbocycles. The van der Waals surface area contributed by atoms with E-state index in [0.717, 1.165) is 25.0 Å². The average molecular weight is 279 g/mol. The van der Waals surface area contributed by atoms with Crippen molar-refractivity contribution < 1.29 is 23.9 Å². The van der Waals surface area contributed by atoms with Crippen molar-refractivity contribution in [2.24, 2.45) is 0 Å². The highest BCUT2D eigenvalue weighted by atomic mass is 16.5. The third kappa shape index (κ3) is 6.33. The zero-order valence-corrected chi connectivity index (χ0v) is 12.0. The van der Waals surface area contributed by atoms with Gasteiger partial charge in [-0.2, -0.15) is 0 Å². The van der Waals surface area contributed by atoms with E-state index in [1.54, 1.807) is 24.3 Å². The smallest absolute Gasteiger partial charge is 0.150 e. The van der Waals surface area contributed by atoms with Crippen molar-refractivity contribution in [3.05, 3.63) is 29.8 Å². The lowest BCUT2D eigenvalue weighted by atomic mass is 10.2. The molecule has 0 atom stereocenters. The molecule has 1 aromatic carbocycles. The number of carboxylic acids is 1. The van der Waals surface area contributed by atoms with Gasteiger partial charge in [0.05, 0.1) is 33.8 Å². The van der Waals surface area contributed by atoms with E-state index in [4.69, 9.17) is 4.74 Å². The summed E-state index contributed by atoms with van der Waals surface area (Å²) in [5, 5.41) is 10.4. The molecule has 1 rings (SSSR count). The van der Waals surface area contributed by atoms with E-state index in [2.05, 4.69) is 0 Å². The van der Waals surface area contributed by atoms with Crippen LogP contribution in [0.2, 0.25) is 0 Å². The zero-order chi connectivity index (χ0) is 15.0. The number of quaternary nitrogens is 1. The molecule has 0 aromatic heterocycles. The highest BCUT2D eigenvalue weighted by molar-refractivity contribution is 5.74. The number of carbonyl (C=O) groups excluding carboxylic acids is 2. The van der Waals surface area contributed by atoms with Crippen molar-refractivity contribution >= 4 is 12.3 Å². The molecular weight excluding hydrogens is 258 g/mol. The van der Waals surface area contributed by atoms with Gasteiger partial charge < -0.3 is 19.1 Å². The van der Waals surface area contributed by atoms with Gasteiger partial charge in [-0.3, -0.25) is 4.79 Å². The van der Waals surface area contributed by atoms with Gasteiger partial charge in [0, 0.05) is 24.4 Å². The second-order valence-corrected chi connectivity index (χ2v) is 5.39. The van der Waals surface area contributed by atoms with Crippen LogP contribution in [0.15, 0.2) is 24.3 Å². The van der Waals surface area contributed by atoms with Crippen molar-refractivity contribution in [2.75, 3.05) is 33.8 Å². The van der Waals surface area contributed by atoms with Crippen LogP contribution in [0.25, 0.3) is 0 Å². The molecule has 0 spiro atoms. The Morgan fingerprint density at radius 1 is 1.25 bits per heavy atom. The van der Waals surface area contributed by atoms with Crippen molar-refractivity contribution in [2.45, 2.75) is 12.8 Å². The molecule has 0 fully saturated rings. The van der Waals surface area contributed by atoms with Gasteiger partial charge in [0.25, 0.3) is 0 Å². The van der Waals surface area contributed by atoms with Crippen LogP contribution in [0.3, 0.4) is 0 Å². The Balaban J connectivity index is 2.26. The van der Waals surface area contributed by atoms with Crippen LogP contribution in [0.5, 0.6) is 5.75 Å². The number of hydrogen-bond donors (Lipinski definition) is 0. The number of ether oxygens (including phenoxy) is 1. The fourth-order valence-corrected chi connectivity index (χ4v) is 1.83. The van der Waals surface area contributed by atoms with Crippen molar-refractivity contribution in [1.82, 2.24) is 0 Å². The second kappa shape index (κ2) is 7.65. The Kier molecular flexibility index (Phi) is 6.18. The largest absolute Gasteiger partial charge is 0.550 e. The molecular formula is C15H21NO4. The predicted molar refractivity (Wildman–Crippen MR) is 73.4 cm³/mol. The summed E-state index contributed by atoms with van der Waals surface area (Å²) < 4.78 is 6.20. The SMILES string of the molecule is C[N+](C)(CCCOc1ccc(C=O)cc1)CCC(=O)[O-]. The molecule has 0 saturated heterocycles. The summed E-state index contributed by atoms with van der Waals surface area (Å²) in [5.41, 5.74) is 0.623. The van der Waals surface area contributed by atoms with Gasteiger partial charge in [-0.05, 0) is 24.3 Å². The van der Waals surface area contributed by atoms with Gasteiger partial charge in [0.1, 0.15) is 12.0 Å². The molecule has 5 nitrogen and oxygen atoms in total. The van der Waals surface area contributed by atoms with E-state index in [1.807, 2.05) is 14.1 Å². The number of carbonyl (C=O) groups is 2. The molecule has 0 radical (unpaired) electrons. The van der Waals surface area contributed by atoms with Gasteiger partial charge in [0.2, 0.25) is 0 Å². The van der Waals surface area contributed by atoms with Gasteiger partial charge in [0.15, 0.2) is 0 Å². The fourth-order valence-electron chi connectivity index (χ4n) is 1.83. The number of benzene rings is 1. The van der Waals surface area contributed by atoms with E-state index in [0.29, 0.717) is 23.2 Å². The topological polar surface area (TPSA) is 66.4 Å². The summed E-state index contributed by atoms with van der Waals surface area (Å²) in [6.45, 7) is 1.95. The van der Waals surface area contributed by atoms with Gasteiger partial charge in [-0.1, -0.05) is 0 Å². The highest BCUT2D eigenvalue weighted by Crippen LogP contribution is 2.11. The van der Waals surface area contributed by atoms with E-state index in [-0.39, 0.29) is 6.42 Å². The predicted octanol–water partition coefficient (Wildman–Crippen LogP) is 0.484. The second-order valence-electron chi connectivity index (χ2n) is 5.39. The number of hydrogen-bond acceptors (Lipinski definition) is 4. The van der Waals surface area contributed by atoms with Gasteiger partial charge in [-0.15, -0.1) is 0 Å². The zero-order valence-electron chi connectivity index (χ0n) is 12.0. The minimum atomic E-state index is -1.01. The maximum Gasteiger partial charge on any atom is 0.150 e. The van der Waals surface area contributed by atoms with E-state index < -0.39 is 5.97 Å². The number of carboxylic acid groups (broad SMARTS) is 1. The van der Waals surface area contributed by atoms with Crippen molar-refractivity contribution in [3.63, 3.8) is 0 Å². The lowest BCUT2D eigenvalue weighted by Crippen LogP contribution is -2.43. The minimum Gasteiger partial charge on any atom is -0.550 e. The normalized spacial score (nSPS) is 11.1. The third-order valence-electron chi connectivity index (χ3n) is 3.11. The van der Waals surface area contributed by atoms with Gasteiger partial charge in [-0.25, -0.2) is 0 Å². The van der Waals surface area contributed by atoms with E-state index in [9.17, 15) is 14.7 Å². The number of nitrogens with zero attached hydrogens (tertiary/aromatic N) is 1. The summed E-state index contributed by atoms with van der Waals surface area (Å²) in [6.07, 6.45) is 1.69. The van der Waals surface area contributed by atoms with Crippen LogP contribution in [-0.4, -0.2) is 50.5 Å². The molecule has 0 heterocycles. The van der Waals surface area contributed by atoms with Crippen LogP contribution in [0.1, 0.15) is 23.2 Å². The minimum absolute atomic E-state index is 0.0705. The molecule has 0 amide bonds. The molecule has 0 aliphatic heterocycles. The summed E-state index contributed by atoms with van der Waals surface area (Å²) >= 11 is 0. The number of aliphatic carboxylic acids is 1. The Morgan fingerprint density at radius 3 is 2.45 bits per heavy atom. The molecule has 0 unspecified atom stereocenters. The first kappa shape index (κ1) is 16.2. The molecule has 0 saturated carbocycles. The Hall–Kier alpha value is -1.88. The summed E-state index contributed by atoms with van der Waals surface area (Å²) in [6, 6.07) is 6.95. The molecule has 5 heteroatoms. The number of aldehydes is 1. The van der Waals surface area contributed by atoms with E-state index in [1.165, 1.54) is 0 Å². The first-order valence-corrected chi connectivity index (χ1v) is 6.63. The highest BCUT2D eigenvalue weighted by Gasteiger charge is 2.14. The van der Waals surface area contributed by atoms with Gasteiger partial charge >= 0.3 is 0 Å². The molecule has 0 bridgehead atoms. The first-order chi connectivity index (χ1) is 9.43. The van der Waals surface area contributed by atoms with Crippen LogP contribution in [-0.2, 0) is 4.79 Å². The fraction of sp³-hybridized carbons (Fsp3) is 0.467.